The summed E-state index contributed by atoms with van der Waals surface area (Å²) < 4.78 is 21.6. The first-order valence-corrected chi connectivity index (χ1v) is 12.8. The van der Waals surface area contributed by atoms with Crippen molar-refractivity contribution in [1.82, 2.24) is 20.2 Å². The average Bonchev–Trinajstić information content (AvgIpc) is 3.15. The molecule has 0 saturated carbocycles. The molecule has 1 atom stereocenters. The summed E-state index contributed by atoms with van der Waals surface area (Å²) in [5.41, 5.74) is 7.51. The number of fused-ring (bicyclic) bond motifs is 1. The van der Waals surface area contributed by atoms with Crippen molar-refractivity contribution < 1.29 is 13.7 Å². The minimum atomic E-state index is -2.35. The lowest BCUT2D eigenvalue weighted by molar-refractivity contribution is 0.102. The summed E-state index contributed by atoms with van der Waals surface area (Å²) in [6, 6.07) is 8.17. The molecular formula is C21H19Cl2N7O3S. The van der Waals surface area contributed by atoms with Crippen LogP contribution in [0.3, 0.4) is 0 Å². The van der Waals surface area contributed by atoms with Crippen LogP contribution in [-0.2, 0) is 9.73 Å². The van der Waals surface area contributed by atoms with E-state index in [-0.39, 0.29) is 27.2 Å². The predicted molar refractivity (Wildman–Crippen MR) is 132 cm³/mol. The summed E-state index contributed by atoms with van der Waals surface area (Å²) in [5.74, 6) is 0.554. The van der Waals surface area contributed by atoms with Crippen LogP contribution in [0, 0.1) is 0 Å². The fraction of sp³-hybridized carbons (Fsp3) is 0.143. The van der Waals surface area contributed by atoms with Crippen LogP contribution in [-0.4, -0.2) is 42.8 Å². The van der Waals surface area contributed by atoms with E-state index in [0.29, 0.717) is 22.2 Å². The van der Waals surface area contributed by atoms with E-state index in [4.69, 9.17) is 33.7 Å². The van der Waals surface area contributed by atoms with Crippen LogP contribution in [0.4, 0.5) is 11.6 Å². The summed E-state index contributed by atoms with van der Waals surface area (Å²) in [7, 11) is -2.35. The van der Waals surface area contributed by atoms with Crippen molar-refractivity contribution in [3.63, 3.8) is 0 Å². The molecule has 3 heterocycles. The first-order chi connectivity index (χ1) is 16.1. The van der Waals surface area contributed by atoms with E-state index in [1.165, 1.54) is 43.2 Å². The summed E-state index contributed by atoms with van der Waals surface area (Å²) in [4.78, 5) is 20.7. The molecule has 0 unspecified atom stereocenters. The zero-order chi connectivity index (χ0) is 24.5. The SMILES string of the molecule is CS(C)(=O)=Nc1ccc(C(=O)Nc2n[nH]c3ccc(O[C@H](N)c4c(Cl)cncc4Cl)cc23)cn1. The molecule has 34 heavy (non-hydrogen) atoms. The number of nitrogens with two attached hydrogens (primary N) is 1. The number of pyridine rings is 2. The summed E-state index contributed by atoms with van der Waals surface area (Å²) in [6.07, 6.45) is 6.27. The number of aromatic amines is 1. The highest BCUT2D eigenvalue weighted by Gasteiger charge is 2.18. The molecule has 0 fully saturated rings. The van der Waals surface area contributed by atoms with Gasteiger partial charge in [-0.2, -0.15) is 9.46 Å². The minimum Gasteiger partial charge on any atom is -0.471 e. The van der Waals surface area contributed by atoms with Crippen molar-refractivity contribution in [3.05, 3.63) is 70.1 Å². The van der Waals surface area contributed by atoms with E-state index in [9.17, 15) is 9.00 Å². The second-order valence-corrected chi connectivity index (χ2v) is 10.8. The molecule has 4 N–H and O–H groups in total. The number of carbonyl (C=O) groups is 1. The van der Waals surface area contributed by atoms with Crippen LogP contribution in [0.25, 0.3) is 10.9 Å². The van der Waals surface area contributed by atoms with E-state index in [1.54, 1.807) is 18.2 Å². The molecule has 0 saturated heterocycles. The Bertz CT molecular complexity index is 1470. The number of ether oxygens (including phenoxy) is 1. The van der Waals surface area contributed by atoms with Gasteiger partial charge in [0.05, 0.1) is 21.1 Å². The van der Waals surface area contributed by atoms with E-state index in [0.717, 1.165) is 0 Å². The second kappa shape index (κ2) is 9.55. The number of rotatable bonds is 6. The van der Waals surface area contributed by atoms with Gasteiger partial charge in [0.2, 0.25) is 0 Å². The molecule has 1 aromatic carbocycles. The summed E-state index contributed by atoms with van der Waals surface area (Å²) in [6.45, 7) is 0. The Balaban J connectivity index is 1.55. The van der Waals surface area contributed by atoms with Crippen molar-refractivity contribution in [2.75, 3.05) is 17.8 Å². The quantitative estimate of drug-likeness (QED) is 0.321. The zero-order valence-electron chi connectivity index (χ0n) is 18.0. The number of H-pyrrole nitrogens is 1. The maximum Gasteiger partial charge on any atom is 0.258 e. The number of halogens is 2. The Morgan fingerprint density at radius 3 is 2.56 bits per heavy atom. The lowest BCUT2D eigenvalue weighted by Crippen LogP contribution is -2.18. The highest BCUT2D eigenvalue weighted by molar-refractivity contribution is 7.92. The van der Waals surface area contributed by atoms with Crippen molar-refractivity contribution >= 4 is 61.4 Å². The summed E-state index contributed by atoms with van der Waals surface area (Å²) >= 11 is 12.3. The van der Waals surface area contributed by atoms with Gasteiger partial charge in [-0.1, -0.05) is 23.2 Å². The third-order valence-corrected chi connectivity index (χ3v) is 5.76. The van der Waals surface area contributed by atoms with Gasteiger partial charge in [0.1, 0.15) is 5.75 Å². The third kappa shape index (κ3) is 5.45. The van der Waals surface area contributed by atoms with Gasteiger partial charge in [0, 0.05) is 51.8 Å². The standard InChI is InChI=1S/C21H19Cl2N7O3S/c1-34(2,32)30-17-6-3-11(8-26-17)21(31)27-20-13-7-12(4-5-16(13)28-29-20)33-19(24)18-14(22)9-25-10-15(18)23/h3-10,19H,24H2,1-2H3,(H2,27,28,29,31)/t19-/m0/s1. The Morgan fingerprint density at radius 2 is 1.91 bits per heavy atom. The normalized spacial score (nSPS) is 12.4. The second-order valence-electron chi connectivity index (χ2n) is 7.47. The maximum absolute atomic E-state index is 12.7. The van der Waals surface area contributed by atoms with E-state index < -0.39 is 21.9 Å². The highest BCUT2D eigenvalue weighted by atomic mass is 35.5. The first kappa shape index (κ1) is 23.9. The molecule has 0 spiro atoms. The fourth-order valence-electron chi connectivity index (χ4n) is 3.04. The lowest BCUT2D eigenvalue weighted by atomic mass is 10.2. The number of anilines is 1. The van der Waals surface area contributed by atoms with Gasteiger partial charge in [0.15, 0.2) is 17.9 Å². The number of nitrogens with zero attached hydrogens (tertiary/aromatic N) is 4. The van der Waals surface area contributed by atoms with E-state index >= 15 is 0 Å². The van der Waals surface area contributed by atoms with E-state index in [1.807, 2.05) is 0 Å². The number of amides is 1. The molecule has 1 amide bonds. The molecule has 0 aliphatic heterocycles. The molecule has 0 aliphatic carbocycles. The summed E-state index contributed by atoms with van der Waals surface area (Å²) in [5, 5.41) is 10.9. The van der Waals surface area contributed by atoms with Crippen LogP contribution in [0.5, 0.6) is 5.75 Å². The molecule has 3 aromatic heterocycles. The van der Waals surface area contributed by atoms with Crippen LogP contribution in [0.2, 0.25) is 10.0 Å². The molecule has 13 heteroatoms. The van der Waals surface area contributed by atoms with Gasteiger partial charge in [-0.05, 0) is 30.3 Å². The topological polar surface area (TPSA) is 148 Å². The van der Waals surface area contributed by atoms with Crippen molar-refractivity contribution in [2.45, 2.75) is 6.23 Å². The molecular weight excluding hydrogens is 501 g/mol. The Kier molecular flexibility index (Phi) is 6.71. The van der Waals surface area contributed by atoms with Crippen LogP contribution < -0.4 is 15.8 Å². The number of hydrogen-bond acceptors (Lipinski definition) is 8. The number of benzene rings is 1. The first-order valence-electron chi connectivity index (χ1n) is 9.74. The van der Waals surface area contributed by atoms with Gasteiger partial charge < -0.3 is 10.1 Å². The lowest BCUT2D eigenvalue weighted by Gasteiger charge is -2.17. The van der Waals surface area contributed by atoms with E-state index in [2.05, 4.69) is 29.8 Å². The predicted octanol–water partition coefficient (Wildman–Crippen LogP) is 4.31. The van der Waals surface area contributed by atoms with Crippen molar-refractivity contribution in [2.24, 2.45) is 10.1 Å². The maximum atomic E-state index is 12.7. The number of hydrogen-bond donors (Lipinski definition) is 3. The van der Waals surface area contributed by atoms with Gasteiger partial charge >= 0.3 is 0 Å². The van der Waals surface area contributed by atoms with Crippen LogP contribution in [0.1, 0.15) is 22.1 Å². The van der Waals surface area contributed by atoms with Gasteiger partial charge in [-0.25, -0.2) is 9.19 Å². The Morgan fingerprint density at radius 1 is 1.18 bits per heavy atom. The van der Waals surface area contributed by atoms with Gasteiger partial charge in [-0.3, -0.25) is 20.6 Å². The fourth-order valence-corrected chi connectivity index (χ4v) is 4.18. The third-order valence-electron chi connectivity index (χ3n) is 4.53. The molecule has 0 aliphatic rings. The van der Waals surface area contributed by atoms with Gasteiger partial charge in [0.25, 0.3) is 5.91 Å². The number of nitrogens with one attached hydrogen (secondary N) is 2. The molecule has 176 valence electrons. The Labute approximate surface area is 205 Å². The monoisotopic (exact) mass is 519 g/mol. The minimum absolute atomic E-state index is 0.282. The van der Waals surface area contributed by atoms with Gasteiger partial charge in [-0.15, -0.1) is 0 Å². The van der Waals surface area contributed by atoms with Crippen molar-refractivity contribution in [3.8, 4) is 5.75 Å². The number of carbonyl (C=O) groups excluding carboxylic acids is 1. The molecule has 10 nitrogen and oxygen atoms in total. The largest absolute Gasteiger partial charge is 0.471 e. The zero-order valence-corrected chi connectivity index (χ0v) is 20.3. The van der Waals surface area contributed by atoms with Crippen LogP contribution in [0.15, 0.2) is 53.3 Å². The number of aromatic nitrogens is 4. The molecule has 0 bridgehead atoms. The van der Waals surface area contributed by atoms with Crippen LogP contribution >= 0.6 is 23.2 Å². The molecule has 4 aromatic rings. The van der Waals surface area contributed by atoms with Crippen molar-refractivity contribution in [1.29, 1.82) is 0 Å². The molecule has 0 radical (unpaired) electrons. The Hall–Kier alpha value is -3.25. The smallest absolute Gasteiger partial charge is 0.258 e. The average molecular weight is 520 g/mol. The highest BCUT2D eigenvalue weighted by Crippen LogP contribution is 2.32. The molecule has 4 rings (SSSR count).